The van der Waals surface area contributed by atoms with E-state index in [4.69, 9.17) is 0 Å². The SMILES string of the molecule is CCCN(CCC)C(=O)c1cncc(NCCCc2ccccc2)c1. The lowest BCUT2D eigenvalue weighted by molar-refractivity contribution is 0.0755. The molecule has 0 bridgehead atoms. The number of amides is 1. The molecule has 1 heterocycles. The normalized spacial score (nSPS) is 10.5. The number of aromatic nitrogens is 1. The van der Waals surface area contributed by atoms with Crippen molar-refractivity contribution in [3.05, 3.63) is 59.9 Å². The number of hydrogen-bond acceptors (Lipinski definition) is 3. The van der Waals surface area contributed by atoms with Gasteiger partial charge < -0.3 is 10.2 Å². The Balaban J connectivity index is 1.88. The van der Waals surface area contributed by atoms with Crippen LogP contribution in [-0.4, -0.2) is 35.4 Å². The molecule has 2 rings (SSSR count). The van der Waals surface area contributed by atoms with Crippen molar-refractivity contribution in [1.82, 2.24) is 9.88 Å². The number of benzene rings is 1. The standard InChI is InChI=1S/C21H29N3O/c1-3-13-24(14-4-2)21(25)19-15-20(17-22-16-19)23-12-8-11-18-9-6-5-7-10-18/h5-7,9-10,15-17,23H,3-4,8,11-14H2,1-2H3. The van der Waals surface area contributed by atoms with Gasteiger partial charge in [-0.3, -0.25) is 9.78 Å². The van der Waals surface area contributed by atoms with Gasteiger partial charge in [0, 0.05) is 32.0 Å². The first-order chi connectivity index (χ1) is 12.2. The van der Waals surface area contributed by atoms with Crippen LogP contribution in [0.15, 0.2) is 48.8 Å². The van der Waals surface area contributed by atoms with Crippen molar-refractivity contribution in [2.75, 3.05) is 25.0 Å². The first-order valence-corrected chi connectivity index (χ1v) is 9.26. The minimum Gasteiger partial charge on any atom is -0.384 e. The molecule has 1 aromatic heterocycles. The lowest BCUT2D eigenvalue weighted by Crippen LogP contribution is -2.32. The van der Waals surface area contributed by atoms with Crippen molar-refractivity contribution >= 4 is 11.6 Å². The predicted molar refractivity (Wildman–Crippen MR) is 104 cm³/mol. The van der Waals surface area contributed by atoms with Gasteiger partial charge in [0.05, 0.1) is 11.3 Å². The fourth-order valence-electron chi connectivity index (χ4n) is 2.86. The zero-order valence-corrected chi connectivity index (χ0v) is 15.4. The van der Waals surface area contributed by atoms with E-state index in [1.54, 1.807) is 12.4 Å². The third kappa shape index (κ3) is 6.22. The third-order valence-electron chi connectivity index (χ3n) is 4.07. The highest BCUT2D eigenvalue weighted by Crippen LogP contribution is 2.12. The maximum absolute atomic E-state index is 12.7. The molecule has 4 nitrogen and oxygen atoms in total. The summed E-state index contributed by atoms with van der Waals surface area (Å²) in [7, 11) is 0. The van der Waals surface area contributed by atoms with Crippen LogP contribution < -0.4 is 5.32 Å². The Bertz CT molecular complexity index is 637. The van der Waals surface area contributed by atoms with E-state index >= 15 is 0 Å². The molecule has 0 saturated carbocycles. The van der Waals surface area contributed by atoms with Crippen LogP contribution in [0.5, 0.6) is 0 Å². The number of rotatable bonds is 10. The number of carbonyl (C=O) groups excluding carboxylic acids is 1. The fraction of sp³-hybridized carbons (Fsp3) is 0.429. The van der Waals surface area contributed by atoms with Crippen LogP contribution in [0, 0.1) is 0 Å². The molecule has 0 aliphatic rings. The highest BCUT2D eigenvalue weighted by Gasteiger charge is 2.14. The number of hydrogen-bond donors (Lipinski definition) is 1. The molecule has 25 heavy (non-hydrogen) atoms. The molecule has 0 fully saturated rings. The van der Waals surface area contributed by atoms with Crippen molar-refractivity contribution in [2.24, 2.45) is 0 Å². The molecule has 0 radical (unpaired) electrons. The summed E-state index contributed by atoms with van der Waals surface area (Å²) >= 11 is 0. The van der Waals surface area contributed by atoms with Crippen molar-refractivity contribution in [1.29, 1.82) is 0 Å². The summed E-state index contributed by atoms with van der Waals surface area (Å²) in [6.07, 6.45) is 7.47. The number of nitrogens with zero attached hydrogens (tertiary/aromatic N) is 2. The van der Waals surface area contributed by atoms with Crippen LogP contribution in [0.3, 0.4) is 0 Å². The van der Waals surface area contributed by atoms with E-state index in [2.05, 4.69) is 48.4 Å². The minimum absolute atomic E-state index is 0.0733. The van der Waals surface area contributed by atoms with Gasteiger partial charge in [0.2, 0.25) is 0 Å². The van der Waals surface area contributed by atoms with Crippen LogP contribution in [-0.2, 0) is 6.42 Å². The lowest BCUT2D eigenvalue weighted by atomic mass is 10.1. The van der Waals surface area contributed by atoms with E-state index in [1.807, 2.05) is 17.0 Å². The second-order valence-electron chi connectivity index (χ2n) is 6.27. The molecule has 0 spiro atoms. The number of anilines is 1. The van der Waals surface area contributed by atoms with Gasteiger partial charge in [-0.05, 0) is 37.3 Å². The second kappa shape index (κ2) is 10.5. The molecule has 1 N–H and O–H groups in total. The van der Waals surface area contributed by atoms with Gasteiger partial charge in [0.15, 0.2) is 0 Å². The molecule has 1 aromatic carbocycles. The van der Waals surface area contributed by atoms with E-state index in [-0.39, 0.29) is 5.91 Å². The van der Waals surface area contributed by atoms with Crippen LogP contribution in [0.1, 0.15) is 49.0 Å². The Morgan fingerprint density at radius 2 is 1.80 bits per heavy atom. The van der Waals surface area contributed by atoms with Crippen LogP contribution in [0.4, 0.5) is 5.69 Å². The largest absolute Gasteiger partial charge is 0.384 e. The number of carbonyl (C=O) groups is 1. The Morgan fingerprint density at radius 3 is 2.48 bits per heavy atom. The molecular weight excluding hydrogens is 310 g/mol. The summed E-state index contributed by atoms with van der Waals surface area (Å²) in [5, 5.41) is 3.38. The Kier molecular flexibility index (Phi) is 7.96. The van der Waals surface area contributed by atoms with E-state index in [0.29, 0.717) is 5.56 Å². The highest BCUT2D eigenvalue weighted by atomic mass is 16.2. The first kappa shape index (κ1) is 19.0. The minimum atomic E-state index is 0.0733. The second-order valence-corrected chi connectivity index (χ2v) is 6.27. The highest BCUT2D eigenvalue weighted by molar-refractivity contribution is 5.94. The lowest BCUT2D eigenvalue weighted by Gasteiger charge is -2.21. The zero-order valence-electron chi connectivity index (χ0n) is 15.4. The first-order valence-electron chi connectivity index (χ1n) is 9.26. The topological polar surface area (TPSA) is 45.2 Å². The van der Waals surface area contributed by atoms with Crippen molar-refractivity contribution in [2.45, 2.75) is 39.5 Å². The average Bonchev–Trinajstić information content (AvgIpc) is 2.65. The summed E-state index contributed by atoms with van der Waals surface area (Å²) in [6.45, 7) is 6.64. The van der Waals surface area contributed by atoms with Crippen LogP contribution in [0.2, 0.25) is 0 Å². The fourth-order valence-corrected chi connectivity index (χ4v) is 2.86. The maximum atomic E-state index is 12.7. The van der Waals surface area contributed by atoms with E-state index < -0.39 is 0 Å². The van der Waals surface area contributed by atoms with Gasteiger partial charge in [0.25, 0.3) is 5.91 Å². The number of aryl methyl sites for hydroxylation is 1. The molecule has 0 aliphatic heterocycles. The maximum Gasteiger partial charge on any atom is 0.255 e. The summed E-state index contributed by atoms with van der Waals surface area (Å²) < 4.78 is 0. The smallest absolute Gasteiger partial charge is 0.255 e. The zero-order chi connectivity index (χ0) is 17.9. The quantitative estimate of drug-likeness (QED) is 0.653. The van der Waals surface area contributed by atoms with E-state index in [1.165, 1.54) is 5.56 Å². The molecule has 4 heteroatoms. The Labute approximate surface area is 151 Å². The molecule has 0 aliphatic carbocycles. The summed E-state index contributed by atoms with van der Waals surface area (Å²) in [6, 6.07) is 12.4. The Hall–Kier alpha value is -2.36. The molecular formula is C21H29N3O. The van der Waals surface area contributed by atoms with Gasteiger partial charge in [-0.1, -0.05) is 44.2 Å². The number of pyridine rings is 1. The summed E-state index contributed by atoms with van der Waals surface area (Å²) in [5.74, 6) is 0.0733. The van der Waals surface area contributed by atoms with Gasteiger partial charge in [-0.15, -0.1) is 0 Å². The summed E-state index contributed by atoms with van der Waals surface area (Å²) in [5.41, 5.74) is 2.92. The van der Waals surface area contributed by atoms with E-state index in [0.717, 1.165) is 51.0 Å². The molecule has 1 amide bonds. The molecule has 134 valence electrons. The number of nitrogens with one attached hydrogen (secondary N) is 1. The molecule has 0 saturated heterocycles. The van der Waals surface area contributed by atoms with Crippen molar-refractivity contribution in [3.8, 4) is 0 Å². The van der Waals surface area contributed by atoms with Crippen LogP contribution in [0.25, 0.3) is 0 Å². The van der Waals surface area contributed by atoms with Gasteiger partial charge in [0.1, 0.15) is 0 Å². The third-order valence-corrected chi connectivity index (χ3v) is 4.07. The summed E-state index contributed by atoms with van der Waals surface area (Å²) in [4.78, 5) is 18.8. The van der Waals surface area contributed by atoms with Crippen molar-refractivity contribution in [3.63, 3.8) is 0 Å². The van der Waals surface area contributed by atoms with E-state index in [9.17, 15) is 4.79 Å². The van der Waals surface area contributed by atoms with Crippen molar-refractivity contribution < 1.29 is 4.79 Å². The average molecular weight is 339 g/mol. The molecule has 2 aromatic rings. The monoisotopic (exact) mass is 339 g/mol. The van der Waals surface area contributed by atoms with Crippen LogP contribution >= 0.6 is 0 Å². The predicted octanol–water partition coefficient (Wildman–Crippen LogP) is 4.39. The Morgan fingerprint density at radius 1 is 1.08 bits per heavy atom. The molecule has 0 atom stereocenters. The van der Waals surface area contributed by atoms with Gasteiger partial charge >= 0.3 is 0 Å². The molecule has 0 unspecified atom stereocenters. The van der Waals surface area contributed by atoms with Gasteiger partial charge in [-0.2, -0.15) is 0 Å². The van der Waals surface area contributed by atoms with Gasteiger partial charge in [-0.25, -0.2) is 0 Å².